The SMILES string of the molecule is C[NH+]1CCN(c2nc3c(c(C(=O)[O-])n2)CCC3)CC1. The quantitative estimate of drug-likeness (QED) is 0.647. The number of anilines is 1. The summed E-state index contributed by atoms with van der Waals surface area (Å²) in [6.45, 7) is 3.80. The number of carboxylic acids is 1. The van der Waals surface area contributed by atoms with Crippen molar-refractivity contribution in [3.63, 3.8) is 0 Å². The van der Waals surface area contributed by atoms with Gasteiger partial charge in [-0.2, -0.15) is 0 Å². The van der Waals surface area contributed by atoms with Crippen LogP contribution in [0.1, 0.15) is 28.2 Å². The Hall–Kier alpha value is -1.69. The Morgan fingerprint density at radius 3 is 2.68 bits per heavy atom. The van der Waals surface area contributed by atoms with E-state index in [1.807, 2.05) is 0 Å². The molecule has 0 spiro atoms. The Labute approximate surface area is 112 Å². The number of aromatic carboxylic acids is 1. The Bertz CT molecular complexity index is 510. The first-order valence-electron chi connectivity index (χ1n) is 6.82. The summed E-state index contributed by atoms with van der Waals surface area (Å²) in [5.74, 6) is -0.617. The second-order valence-corrected chi connectivity index (χ2v) is 5.38. The first-order valence-corrected chi connectivity index (χ1v) is 6.82. The average Bonchev–Trinajstić information content (AvgIpc) is 2.86. The third-order valence-corrected chi connectivity index (χ3v) is 4.01. The van der Waals surface area contributed by atoms with Crippen LogP contribution in [0.2, 0.25) is 0 Å². The van der Waals surface area contributed by atoms with Crippen molar-refractivity contribution in [1.29, 1.82) is 0 Å². The zero-order valence-electron chi connectivity index (χ0n) is 11.1. The molecule has 1 aromatic rings. The number of likely N-dealkylation sites (N-methyl/N-ethyl adjacent to an activating group) is 1. The molecular weight excluding hydrogens is 244 g/mol. The molecule has 6 heteroatoms. The van der Waals surface area contributed by atoms with Gasteiger partial charge in [0.05, 0.1) is 44.9 Å². The third kappa shape index (κ3) is 2.28. The van der Waals surface area contributed by atoms with E-state index in [-0.39, 0.29) is 5.69 Å². The van der Waals surface area contributed by atoms with Gasteiger partial charge in [0, 0.05) is 11.3 Å². The molecular formula is C13H18N4O2. The summed E-state index contributed by atoms with van der Waals surface area (Å²) in [4.78, 5) is 23.6. The molecule has 1 aliphatic heterocycles. The lowest BCUT2D eigenvalue weighted by atomic mass is 10.2. The van der Waals surface area contributed by atoms with Crippen molar-refractivity contribution >= 4 is 11.9 Å². The summed E-state index contributed by atoms with van der Waals surface area (Å²) in [6, 6.07) is 0. The van der Waals surface area contributed by atoms with E-state index in [0.29, 0.717) is 5.95 Å². The zero-order chi connectivity index (χ0) is 13.4. The number of rotatable bonds is 2. The molecule has 3 rings (SSSR count). The molecule has 0 atom stereocenters. The number of piperazine rings is 1. The second kappa shape index (κ2) is 4.77. The number of hydrogen-bond donors (Lipinski definition) is 1. The summed E-state index contributed by atoms with van der Waals surface area (Å²) < 4.78 is 0. The topological polar surface area (TPSA) is 73.6 Å². The van der Waals surface area contributed by atoms with Crippen LogP contribution < -0.4 is 14.9 Å². The van der Waals surface area contributed by atoms with Gasteiger partial charge >= 0.3 is 0 Å². The van der Waals surface area contributed by atoms with E-state index in [4.69, 9.17) is 0 Å². The van der Waals surface area contributed by atoms with E-state index >= 15 is 0 Å². The van der Waals surface area contributed by atoms with Crippen molar-refractivity contribution in [3.05, 3.63) is 17.0 Å². The van der Waals surface area contributed by atoms with Crippen molar-refractivity contribution in [3.8, 4) is 0 Å². The number of fused-ring (bicyclic) bond motifs is 1. The second-order valence-electron chi connectivity index (χ2n) is 5.38. The van der Waals surface area contributed by atoms with E-state index in [9.17, 15) is 9.90 Å². The fourth-order valence-corrected chi connectivity index (χ4v) is 2.82. The molecule has 19 heavy (non-hydrogen) atoms. The number of aromatic nitrogens is 2. The summed E-state index contributed by atoms with van der Waals surface area (Å²) >= 11 is 0. The maximum atomic E-state index is 11.2. The molecule has 0 unspecified atom stereocenters. The fraction of sp³-hybridized carbons (Fsp3) is 0.615. The molecule has 1 aromatic heterocycles. The van der Waals surface area contributed by atoms with Gasteiger partial charge in [0.25, 0.3) is 0 Å². The minimum Gasteiger partial charge on any atom is -0.543 e. The predicted octanol–water partition coefficient (Wildman–Crippen LogP) is -2.34. The number of carboxylic acid groups (broad SMARTS) is 1. The van der Waals surface area contributed by atoms with Crippen LogP contribution in [0.5, 0.6) is 0 Å². The van der Waals surface area contributed by atoms with Crippen molar-refractivity contribution in [2.24, 2.45) is 0 Å². The van der Waals surface area contributed by atoms with Gasteiger partial charge in [-0.15, -0.1) is 0 Å². The molecule has 6 nitrogen and oxygen atoms in total. The number of hydrogen-bond acceptors (Lipinski definition) is 5. The summed E-state index contributed by atoms with van der Waals surface area (Å²) in [5, 5.41) is 11.2. The summed E-state index contributed by atoms with van der Waals surface area (Å²) in [5.41, 5.74) is 1.78. The monoisotopic (exact) mass is 262 g/mol. The molecule has 102 valence electrons. The highest BCUT2D eigenvalue weighted by Gasteiger charge is 2.24. The lowest BCUT2D eigenvalue weighted by molar-refractivity contribution is -0.880. The molecule has 0 bridgehead atoms. The highest BCUT2D eigenvalue weighted by atomic mass is 16.4. The Morgan fingerprint density at radius 1 is 1.26 bits per heavy atom. The Balaban J connectivity index is 1.94. The molecule has 1 saturated heterocycles. The van der Waals surface area contributed by atoms with Gasteiger partial charge in [-0.1, -0.05) is 0 Å². The molecule has 0 aromatic carbocycles. The van der Waals surface area contributed by atoms with Gasteiger partial charge in [-0.25, -0.2) is 9.97 Å². The van der Waals surface area contributed by atoms with Crippen LogP contribution in [0.3, 0.4) is 0 Å². The molecule has 0 saturated carbocycles. The molecule has 0 radical (unpaired) electrons. The summed E-state index contributed by atoms with van der Waals surface area (Å²) in [6.07, 6.45) is 2.57. The van der Waals surface area contributed by atoms with Gasteiger partial charge < -0.3 is 19.7 Å². The van der Waals surface area contributed by atoms with Crippen LogP contribution in [0.25, 0.3) is 0 Å². The number of carbonyl (C=O) groups is 1. The van der Waals surface area contributed by atoms with Crippen LogP contribution in [0.4, 0.5) is 5.95 Å². The summed E-state index contributed by atoms with van der Waals surface area (Å²) in [7, 11) is 2.16. The van der Waals surface area contributed by atoms with E-state index in [1.54, 1.807) is 0 Å². The van der Waals surface area contributed by atoms with Crippen LogP contribution in [-0.4, -0.2) is 49.2 Å². The van der Waals surface area contributed by atoms with E-state index < -0.39 is 5.97 Å². The van der Waals surface area contributed by atoms with Gasteiger partial charge in [0.2, 0.25) is 5.95 Å². The standard InChI is InChI=1S/C13H18N4O2/c1-16-5-7-17(8-6-16)13-14-10-4-2-3-9(10)11(15-13)12(18)19/h2-8H2,1H3,(H,18,19). The van der Waals surface area contributed by atoms with E-state index in [1.165, 1.54) is 4.90 Å². The van der Waals surface area contributed by atoms with Gasteiger partial charge in [0.1, 0.15) is 0 Å². The normalized spacial score (nSPS) is 19.5. The number of nitrogens with one attached hydrogen (secondary N) is 1. The van der Waals surface area contributed by atoms with Crippen LogP contribution >= 0.6 is 0 Å². The lowest BCUT2D eigenvalue weighted by Crippen LogP contribution is -3.12. The Kier molecular flexibility index (Phi) is 3.10. The lowest BCUT2D eigenvalue weighted by Gasteiger charge is -2.30. The molecule has 1 fully saturated rings. The third-order valence-electron chi connectivity index (χ3n) is 4.01. The number of carbonyl (C=O) groups excluding carboxylic acids is 1. The number of quaternary nitrogens is 1. The Morgan fingerprint density at radius 2 is 2.00 bits per heavy atom. The van der Waals surface area contributed by atoms with Gasteiger partial charge in [-0.3, -0.25) is 0 Å². The molecule has 2 aliphatic rings. The van der Waals surface area contributed by atoms with Gasteiger partial charge in [-0.05, 0) is 19.3 Å². The van der Waals surface area contributed by atoms with Crippen molar-refractivity contribution < 1.29 is 14.8 Å². The first kappa shape index (κ1) is 12.3. The maximum absolute atomic E-state index is 11.2. The number of nitrogens with zero attached hydrogens (tertiary/aromatic N) is 3. The fourth-order valence-electron chi connectivity index (χ4n) is 2.82. The van der Waals surface area contributed by atoms with E-state index in [2.05, 4.69) is 21.9 Å². The van der Waals surface area contributed by atoms with Crippen LogP contribution in [0.15, 0.2) is 0 Å². The highest BCUT2D eigenvalue weighted by Crippen LogP contribution is 2.24. The highest BCUT2D eigenvalue weighted by molar-refractivity contribution is 5.86. The van der Waals surface area contributed by atoms with Crippen molar-refractivity contribution in [1.82, 2.24) is 9.97 Å². The largest absolute Gasteiger partial charge is 0.543 e. The van der Waals surface area contributed by atoms with Crippen molar-refractivity contribution in [2.75, 3.05) is 38.1 Å². The molecule has 2 heterocycles. The minimum atomic E-state index is -1.18. The minimum absolute atomic E-state index is 0.101. The average molecular weight is 262 g/mol. The molecule has 1 N–H and O–H groups in total. The predicted molar refractivity (Wildman–Crippen MR) is 67.2 cm³/mol. The first-order chi connectivity index (χ1) is 9.15. The van der Waals surface area contributed by atoms with Gasteiger partial charge in [0.15, 0.2) is 0 Å². The van der Waals surface area contributed by atoms with Crippen molar-refractivity contribution in [2.45, 2.75) is 19.3 Å². The van der Waals surface area contributed by atoms with E-state index in [0.717, 1.165) is 56.7 Å². The van der Waals surface area contributed by atoms with Crippen LogP contribution in [0, 0.1) is 0 Å². The number of aryl methyl sites for hydroxylation is 1. The zero-order valence-corrected chi connectivity index (χ0v) is 11.1. The smallest absolute Gasteiger partial charge is 0.226 e. The molecule has 0 amide bonds. The molecule has 1 aliphatic carbocycles. The maximum Gasteiger partial charge on any atom is 0.226 e. The van der Waals surface area contributed by atoms with Crippen LogP contribution in [-0.2, 0) is 12.8 Å².